The number of carbonyl (C=O) groups is 1. The molecule has 3 rings (SSSR count). The molecule has 2 N–H and O–H groups in total. The molecule has 26 heavy (non-hydrogen) atoms. The fourth-order valence-electron chi connectivity index (χ4n) is 2.36. The lowest BCUT2D eigenvalue weighted by molar-refractivity contribution is 0.0636. The van der Waals surface area contributed by atoms with E-state index in [1.807, 2.05) is 0 Å². The van der Waals surface area contributed by atoms with Gasteiger partial charge in [0.25, 0.3) is 0 Å². The summed E-state index contributed by atoms with van der Waals surface area (Å²) in [5.41, 5.74) is 0.675. The number of nitrogens with one attached hydrogen (secondary N) is 2. The number of anilines is 1. The summed E-state index contributed by atoms with van der Waals surface area (Å²) in [6.45, 7) is 5.38. The molecule has 3 aromatic rings. The highest BCUT2D eigenvalue weighted by Gasteiger charge is 2.16. The van der Waals surface area contributed by atoms with Gasteiger partial charge in [0.15, 0.2) is 11.4 Å². The van der Waals surface area contributed by atoms with E-state index in [1.165, 1.54) is 4.57 Å². The predicted molar refractivity (Wildman–Crippen MR) is 97.7 cm³/mol. The number of pyridine rings is 1. The maximum Gasteiger partial charge on any atom is 0.412 e. The highest BCUT2D eigenvalue weighted by atomic mass is 16.6. The van der Waals surface area contributed by atoms with Gasteiger partial charge in [0.05, 0.1) is 0 Å². The van der Waals surface area contributed by atoms with Gasteiger partial charge in [-0.1, -0.05) is 6.07 Å². The van der Waals surface area contributed by atoms with Crippen LogP contribution in [0.15, 0.2) is 41.3 Å². The lowest BCUT2D eigenvalue weighted by Crippen LogP contribution is -2.27. The van der Waals surface area contributed by atoms with E-state index in [2.05, 4.69) is 15.3 Å². The minimum atomic E-state index is -0.583. The Morgan fingerprint density at radius 3 is 2.77 bits per heavy atom. The second-order valence-electron chi connectivity index (χ2n) is 6.75. The molecule has 8 nitrogen and oxygen atoms in total. The van der Waals surface area contributed by atoms with Gasteiger partial charge in [-0.2, -0.15) is 0 Å². The molecule has 0 bridgehead atoms. The van der Waals surface area contributed by atoms with E-state index in [1.54, 1.807) is 64.3 Å². The van der Waals surface area contributed by atoms with Crippen molar-refractivity contribution in [3.05, 3.63) is 47.0 Å². The molecular weight excluding hydrogens is 336 g/mol. The fraction of sp³-hybridized carbons (Fsp3) is 0.278. The Kier molecular flexibility index (Phi) is 4.41. The minimum Gasteiger partial charge on any atom is -0.455 e. The number of benzene rings is 1. The van der Waals surface area contributed by atoms with Crippen LogP contribution in [0.1, 0.15) is 20.8 Å². The number of imidazole rings is 1. The highest BCUT2D eigenvalue weighted by molar-refractivity contribution is 5.85. The summed E-state index contributed by atoms with van der Waals surface area (Å²) in [4.78, 5) is 30.6. The number of fused-ring (bicyclic) bond motifs is 1. The van der Waals surface area contributed by atoms with Crippen molar-refractivity contribution in [2.45, 2.75) is 26.4 Å². The standard InChI is InChI=1S/C18H20N4O4/c1-18(2,3)26-17(24)20-11-6-5-7-12(10-11)25-13-8-9-19-15-14(13)21-16(23)22(15)4/h5-10H,1-4H3,(H,20,24)(H,21,23). The number of nitrogens with zero attached hydrogens (tertiary/aromatic N) is 2. The van der Waals surface area contributed by atoms with Crippen molar-refractivity contribution in [2.24, 2.45) is 7.05 Å². The van der Waals surface area contributed by atoms with Gasteiger partial charge in [0, 0.05) is 31.1 Å². The van der Waals surface area contributed by atoms with Crippen LogP contribution in [0.25, 0.3) is 11.2 Å². The molecule has 0 atom stereocenters. The lowest BCUT2D eigenvalue weighted by atomic mass is 10.2. The molecule has 0 radical (unpaired) electrons. The van der Waals surface area contributed by atoms with E-state index in [9.17, 15) is 9.59 Å². The average Bonchev–Trinajstić information content (AvgIpc) is 2.82. The number of H-pyrrole nitrogens is 1. The van der Waals surface area contributed by atoms with Crippen molar-refractivity contribution in [1.29, 1.82) is 0 Å². The van der Waals surface area contributed by atoms with Gasteiger partial charge in [0.1, 0.15) is 16.9 Å². The van der Waals surface area contributed by atoms with Gasteiger partial charge < -0.3 is 14.5 Å². The third-order valence-electron chi connectivity index (χ3n) is 3.45. The number of aryl methyl sites for hydroxylation is 1. The Morgan fingerprint density at radius 1 is 1.27 bits per heavy atom. The fourth-order valence-corrected chi connectivity index (χ4v) is 2.36. The largest absolute Gasteiger partial charge is 0.455 e. The van der Waals surface area contributed by atoms with Crippen molar-refractivity contribution >= 4 is 22.9 Å². The quantitative estimate of drug-likeness (QED) is 0.749. The van der Waals surface area contributed by atoms with Crippen LogP contribution < -0.4 is 15.7 Å². The van der Waals surface area contributed by atoms with E-state index >= 15 is 0 Å². The number of hydrogen-bond acceptors (Lipinski definition) is 5. The molecule has 0 saturated carbocycles. The van der Waals surface area contributed by atoms with Crippen molar-refractivity contribution in [1.82, 2.24) is 14.5 Å². The zero-order chi connectivity index (χ0) is 18.9. The first-order valence-electron chi connectivity index (χ1n) is 8.04. The molecule has 0 spiro atoms. The molecule has 0 fully saturated rings. The zero-order valence-corrected chi connectivity index (χ0v) is 15.0. The van der Waals surface area contributed by atoms with Crippen LogP contribution in [-0.2, 0) is 11.8 Å². The predicted octanol–water partition coefficient (Wildman–Crippen LogP) is 3.40. The molecule has 1 amide bonds. The maximum atomic E-state index is 11.9. The highest BCUT2D eigenvalue weighted by Crippen LogP contribution is 2.28. The zero-order valence-electron chi connectivity index (χ0n) is 15.0. The molecule has 1 aromatic carbocycles. The van der Waals surface area contributed by atoms with Crippen molar-refractivity contribution in [3.63, 3.8) is 0 Å². The number of amides is 1. The Morgan fingerprint density at radius 2 is 2.04 bits per heavy atom. The molecule has 0 aliphatic heterocycles. The van der Waals surface area contributed by atoms with Gasteiger partial charge in [-0.25, -0.2) is 14.6 Å². The van der Waals surface area contributed by atoms with Crippen LogP contribution in [0.4, 0.5) is 10.5 Å². The van der Waals surface area contributed by atoms with Gasteiger partial charge in [-0.05, 0) is 32.9 Å². The number of ether oxygens (including phenoxy) is 2. The second-order valence-corrected chi connectivity index (χ2v) is 6.75. The van der Waals surface area contributed by atoms with Crippen LogP contribution in [0.2, 0.25) is 0 Å². The molecule has 0 unspecified atom stereocenters. The number of aromatic nitrogens is 3. The van der Waals surface area contributed by atoms with Gasteiger partial charge >= 0.3 is 11.8 Å². The summed E-state index contributed by atoms with van der Waals surface area (Å²) in [7, 11) is 1.63. The SMILES string of the molecule is Cn1c(=O)[nH]c2c(Oc3cccc(NC(=O)OC(C)(C)C)c3)ccnc21. The average molecular weight is 356 g/mol. The molecule has 0 saturated heterocycles. The van der Waals surface area contributed by atoms with Crippen LogP contribution >= 0.6 is 0 Å². The minimum absolute atomic E-state index is 0.274. The van der Waals surface area contributed by atoms with Crippen molar-refractivity contribution < 1.29 is 14.3 Å². The summed E-state index contributed by atoms with van der Waals surface area (Å²) in [6.07, 6.45) is 1.02. The van der Waals surface area contributed by atoms with E-state index in [-0.39, 0.29) is 5.69 Å². The first-order chi connectivity index (χ1) is 12.2. The topological polar surface area (TPSA) is 98.2 Å². The normalized spacial score (nSPS) is 11.4. The Labute approximate surface area is 149 Å². The first kappa shape index (κ1) is 17.5. The summed E-state index contributed by atoms with van der Waals surface area (Å²) in [5, 5.41) is 2.66. The monoisotopic (exact) mass is 356 g/mol. The van der Waals surface area contributed by atoms with E-state index in [0.717, 1.165) is 0 Å². The summed E-state index contributed by atoms with van der Waals surface area (Å²) < 4.78 is 12.5. The number of hydrogen-bond donors (Lipinski definition) is 2. The Balaban J connectivity index is 1.83. The number of aromatic amines is 1. The van der Waals surface area contributed by atoms with E-state index < -0.39 is 11.7 Å². The van der Waals surface area contributed by atoms with Crippen molar-refractivity contribution in [3.8, 4) is 11.5 Å². The van der Waals surface area contributed by atoms with E-state index in [0.29, 0.717) is 28.4 Å². The first-order valence-corrected chi connectivity index (χ1v) is 8.04. The van der Waals surface area contributed by atoms with Crippen LogP contribution in [0.5, 0.6) is 11.5 Å². The third kappa shape index (κ3) is 3.85. The Hall–Kier alpha value is -3.29. The maximum absolute atomic E-state index is 11.9. The molecule has 8 heteroatoms. The molecule has 2 aromatic heterocycles. The van der Waals surface area contributed by atoms with Crippen molar-refractivity contribution in [2.75, 3.05) is 5.32 Å². The van der Waals surface area contributed by atoms with E-state index in [4.69, 9.17) is 9.47 Å². The summed E-state index contributed by atoms with van der Waals surface area (Å²) >= 11 is 0. The van der Waals surface area contributed by atoms with Gasteiger partial charge in [-0.15, -0.1) is 0 Å². The third-order valence-corrected chi connectivity index (χ3v) is 3.45. The van der Waals surface area contributed by atoms with Gasteiger partial charge in [0.2, 0.25) is 0 Å². The van der Waals surface area contributed by atoms with Crippen LogP contribution in [0, 0.1) is 0 Å². The molecule has 2 heterocycles. The Bertz CT molecular complexity index is 1010. The summed E-state index contributed by atoms with van der Waals surface area (Å²) in [6, 6.07) is 8.54. The number of rotatable bonds is 3. The molecular formula is C18H20N4O4. The molecule has 136 valence electrons. The molecule has 0 aliphatic rings. The lowest BCUT2D eigenvalue weighted by Gasteiger charge is -2.19. The van der Waals surface area contributed by atoms with Crippen LogP contribution in [0.3, 0.4) is 0 Å². The number of carbonyl (C=O) groups excluding carboxylic acids is 1. The van der Waals surface area contributed by atoms with Gasteiger partial charge in [-0.3, -0.25) is 9.88 Å². The van der Waals surface area contributed by atoms with Crippen LogP contribution in [-0.4, -0.2) is 26.2 Å². The molecule has 0 aliphatic carbocycles. The smallest absolute Gasteiger partial charge is 0.412 e. The summed E-state index contributed by atoms with van der Waals surface area (Å²) in [5.74, 6) is 0.956. The second kappa shape index (κ2) is 6.55.